The second kappa shape index (κ2) is 296. The zero-order valence-corrected chi connectivity index (χ0v) is 16.3. The third-order valence-electron chi connectivity index (χ3n) is 0.483. The lowest BCUT2D eigenvalue weighted by atomic mass is 10.3. The van der Waals surface area contributed by atoms with Crippen molar-refractivity contribution in [2.24, 2.45) is 0 Å². The van der Waals surface area contributed by atoms with Gasteiger partial charge >= 0.3 is 0 Å². The fraction of sp³-hybridized carbons (Fsp3) is 0.889. The van der Waals surface area contributed by atoms with Crippen LogP contribution in [0.3, 0.4) is 0 Å². The second-order valence-corrected chi connectivity index (χ2v) is 1.04. The lowest BCUT2D eigenvalue weighted by Crippen LogP contribution is -1.55. The van der Waals surface area contributed by atoms with E-state index < -0.39 is 0 Å². The highest BCUT2D eigenvalue weighted by Gasteiger charge is 1.64. The van der Waals surface area contributed by atoms with Crippen molar-refractivity contribution >= 4 is 0 Å². The smallest absolute Gasteiger partial charge is 0.0572 e. The summed E-state index contributed by atoms with van der Waals surface area (Å²) in [5, 5.41) is 0. The van der Waals surface area contributed by atoms with Crippen molar-refractivity contribution in [2.75, 3.05) is 0 Å². The molecule has 18 heavy (non-hydrogen) atoms. The number of allylic oxidation sites excluding steroid dienone is 2. The van der Waals surface area contributed by atoms with Crippen LogP contribution in [0.4, 0.5) is 0 Å². The molecular formula is C18H48. The molecule has 0 heteroatoms. The maximum absolute atomic E-state index is 7.13. The summed E-state index contributed by atoms with van der Waals surface area (Å²) in [6.45, 7) is 27.3. The molecule has 0 aliphatic heterocycles. The highest BCUT2D eigenvalue weighted by atomic mass is 13.7. The van der Waals surface area contributed by atoms with Gasteiger partial charge in [0, 0.05) is 1.37 Å². The topological polar surface area (TPSA) is 0 Å². The van der Waals surface area contributed by atoms with Gasteiger partial charge in [-0.25, -0.2) is 0 Å². The van der Waals surface area contributed by atoms with Crippen LogP contribution in [0.1, 0.15) is 114 Å². The van der Waals surface area contributed by atoms with Crippen molar-refractivity contribution in [1.29, 1.82) is 0 Å². The van der Waals surface area contributed by atoms with Gasteiger partial charge in [-0.1, -0.05) is 109 Å². The molecule has 0 aliphatic rings. The Hall–Kier alpha value is -0.260. The molecule has 1 atom stereocenters. The molecule has 120 valence electrons. The van der Waals surface area contributed by atoms with Gasteiger partial charge in [-0.05, 0) is 13.3 Å². The Kier molecular flexibility index (Phi) is 434. The van der Waals surface area contributed by atoms with Crippen molar-refractivity contribution in [1.82, 2.24) is 0 Å². The molecule has 1 unspecified atom stereocenters. The van der Waals surface area contributed by atoms with E-state index in [0.29, 0.717) is 6.42 Å². The fourth-order valence-corrected chi connectivity index (χ4v) is 0.204. The number of rotatable bonds is 2. The van der Waals surface area contributed by atoms with Crippen LogP contribution in [0.2, 0.25) is 0 Å². The summed E-state index contributed by atoms with van der Waals surface area (Å²) >= 11 is 0. The number of hydrogen-bond donors (Lipinski definition) is 0. The van der Waals surface area contributed by atoms with E-state index in [1.165, 1.54) is 0 Å². The summed E-state index contributed by atoms with van der Waals surface area (Å²) in [6.07, 6.45) is 0.146. The molecule has 0 radical (unpaired) electrons. The molecule has 0 N–H and O–H groups in total. The van der Waals surface area contributed by atoms with Crippen molar-refractivity contribution < 1.29 is 4.11 Å². The van der Waals surface area contributed by atoms with Crippen LogP contribution in [0, 0.1) is 0 Å². The summed E-state index contributed by atoms with van der Waals surface area (Å²) in [5.74, 6) is 0. The quantitative estimate of drug-likeness (QED) is 0.441. The van der Waals surface area contributed by atoms with Crippen molar-refractivity contribution in [2.45, 2.75) is 110 Å². The maximum atomic E-state index is 7.13. The molecular weight excluding hydrogens is 216 g/mol. The Morgan fingerprint density at radius 3 is 1.00 bits per heavy atom. The van der Waals surface area contributed by atoms with Crippen LogP contribution >= 0.6 is 0 Å². The van der Waals surface area contributed by atoms with E-state index >= 15 is 0 Å². The van der Waals surface area contributed by atoms with E-state index in [1.54, 1.807) is 13.8 Å². The zero-order chi connectivity index (χ0) is 19.4. The normalized spacial score (nSPS) is 10.7. The zero-order valence-electron chi connectivity index (χ0n) is 19.3. The Labute approximate surface area is 127 Å². The van der Waals surface area contributed by atoms with E-state index in [1.807, 2.05) is 83.1 Å². The van der Waals surface area contributed by atoms with Gasteiger partial charge in [0.05, 0.1) is 2.74 Å². The third kappa shape index (κ3) is 456. The first-order valence-electron chi connectivity index (χ1n) is 9.67. The number of hydrogen-bond acceptors (Lipinski definition) is 0. The SMILES string of the molecule is CC.CC.CC.CC.CC.CC.[3H]/C(C)=C(/[3H])CC([3H])C. The molecule has 0 aliphatic carbocycles. The lowest BCUT2D eigenvalue weighted by Gasteiger charge is -1.76. The van der Waals surface area contributed by atoms with Gasteiger partial charge in [0.1, 0.15) is 0 Å². The molecule has 0 aromatic carbocycles. The van der Waals surface area contributed by atoms with Crippen molar-refractivity contribution in [3.8, 4) is 0 Å². The van der Waals surface area contributed by atoms with Crippen LogP contribution < -0.4 is 0 Å². The fourth-order valence-electron chi connectivity index (χ4n) is 0.204. The molecule has 0 bridgehead atoms. The average Bonchev–Trinajstić information content (AvgIpc) is 2.58. The Bertz CT molecular complexity index is 116. The summed E-state index contributed by atoms with van der Waals surface area (Å²) in [7, 11) is 0. The van der Waals surface area contributed by atoms with E-state index in [-0.39, 0.29) is 18.5 Å². The third-order valence-corrected chi connectivity index (χ3v) is 0.483. The first-order valence-corrected chi connectivity index (χ1v) is 8.09. The minimum atomic E-state index is -0.252. The molecule has 0 rings (SSSR count). The predicted octanol–water partition coefficient (Wildman–Crippen LogP) is 8.52. The van der Waals surface area contributed by atoms with Gasteiger partial charge in [0.15, 0.2) is 0 Å². The predicted molar refractivity (Wildman–Crippen MR) is 97.8 cm³/mol. The molecule has 0 saturated carbocycles. The average molecular weight is 271 g/mol. The minimum Gasteiger partial charge on any atom is -0.0917 e. The monoisotopic (exact) mass is 270 g/mol. The molecule has 0 spiro atoms. The van der Waals surface area contributed by atoms with Crippen LogP contribution in [0.25, 0.3) is 0 Å². The summed E-state index contributed by atoms with van der Waals surface area (Å²) in [4.78, 5) is 0. The molecule has 0 fully saturated rings. The molecule has 0 aromatic heterocycles. The summed E-state index contributed by atoms with van der Waals surface area (Å²) in [5.41, 5.74) is 0. The van der Waals surface area contributed by atoms with Crippen molar-refractivity contribution in [3.63, 3.8) is 0 Å². The molecule has 0 aromatic rings. The van der Waals surface area contributed by atoms with E-state index in [9.17, 15) is 0 Å². The first-order chi connectivity index (χ1) is 10.0. The van der Waals surface area contributed by atoms with Crippen molar-refractivity contribution in [3.05, 3.63) is 12.1 Å². The van der Waals surface area contributed by atoms with Crippen LogP contribution in [0.5, 0.6) is 0 Å². The first kappa shape index (κ1) is 26.3. The second-order valence-electron chi connectivity index (χ2n) is 1.04. The minimum absolute atomic E-state index is 0.252. The maximum Gasteiger partial charge on any atom is 0.0572 e. The Balaban J connectivity index is -0.0000000275. The standard InChI is InChI=1S/C6H12.6C2H6/c1-3-5-6-4-2;6*1-2/h3,5H,4,6H2,1-2H3;6*1-2H3/b5-3+;;;;;;/i3T,4T,5T;;;;;;. The van der Waals surface area contributed by atoms with E-state index in [2.05, 4.69) is 0 Å². The molecule has 0 nitrogen and oxygen atoms in total. The van der Waals surface area contributed by atoms with Gasteiger partial charge in [0.25, 0.3) is 0 Å². The Morgan fingerprint density at radius 2 is 0.944 bits per heavy atom. The molecule has 0 saturated heterocycles. The van der Waals surface area contributed by atoms with Crippen LogP contribution in [-0.4, -0.2) is 0 Å². The van der Waals surface area contributed by atoms with Gasteiger partial charge in [0.2, 0.25) is 0 Å². The van der Waals surface area contributed by atoms with Crippen LogP contribution in [-0.2, 0) is 0 Å². The Morgan fingerprint density at radius 1 is 0.722 bits per heavy atom. The van der Waals surface area contributed by atoms with Gasteiger partial charge in [-0.2, -0.15) is 0 Å². The molecule has 0 amide bonds. The highest BCUT2D eigenvalue weighted by molar-refractivity contribution is 4.75. The van der Waals surface area contributed by atoms with Gasteiger partial charge in [-0.15, -0.1) is 0 Å². The summed E-state index contributed by atoms with van der Waals surface area (Å²) in [6, 6.07) is 0.548. The van der Waals surface area contributed by atoms with E-state index in [4.69, 9.17) is 4.11 Å². The highest BCUT2D eigenvalue weighted by Crippen LogP contribution is 1.85. The van der Waals surface area contributed by atoms with Crippen LogP contribution in [0.15, 0.2) is 12.1 Å². The summed E-state index contributed by atoms with van der Waals surface area (Å²) < 4.78 is 21.2. The largest absolute Gasteiger partial charge is 0.0917 e. The van der Waals surface area contributed by atoms with Gasteiger partial charge < -0.3 is 0 Å². The lowest BCUT2D eigenvalue weighted by molar-refractivity contribution is 0.957. The van der Waals surface area contributed by atoms with E-state index in [0.717, 1.165) is 0 Å². The molecule has 0 heterocycles. The van der Waals surface area contributed by atoms with Gasteiger partial charge in [-0.3, -0.25) is 0 Å².